The van der Waals surface area contributed by atoms with Crippen molar-refractivity contribution in [2.24, 2.45) is 0 Å². The van der Waals surface area contributed by atoms with Crippen LogP contribution in [0.1, 0.15) is 16.1 Å². The number of halogens is 1. The number of aromatic carboxylic acids is 1. The summed E-state index contributed by atoms with van der Waals surface area (Å²) in [6, 6.07) is 6.79. The van der Waals surface area contributed by atoms with Crippen molar-refractivity contribution in [2.75, 3.05) is 7.11 Å². The zero-order chi connectivity index (χ0) is 15.6. The van der Waals surface area contributed by atoms with Crippen LogP contribution in [0, 0.1) is 0 Å². The fourth-order valence-corrected chi connectivity index (χ4v) is 3.20. The molecule has 0 radical (unpaired) electrons. The zero-order valence-corrected chi connectivity index (χ0v) is 12.4. The predicted molar refractivity (Wildman–Crippen MR) is 74.6 cm³/mol. The van der Waals surface area contributed by atoms with Gasteiger partial charge in [0, 0.05) is 10.6 Å². The molecule has 0 aliphatic carbocycles. The van der Waals surface area contributed by atoms with E-state index in [0.717, 1.165) is 12.1 Å². The Morgan fingerprint density at radius 2 is 2.05 bits per heavy atom. The SMILES string of the molecule is COc1ccc(Cl)cc1CS(=O)(=O)c1ccc(C(=O)O)o1. The summed E-state index contributed by atoms with van der Waals surface area (Å²) in [4.78, 5) is 10.7. The van der Waals surface area contributed by atoms with Crippen LogP contribution >= 0.6 is 11.6 Å². The van der Waals surface area contributed by atoms with Crippen molar-refractivity contribution in [1.82, 2.24) is 0 Å². The first kappa shape index (κ1) is 15.4. The van der Waals surface area contributed by atoms with Gasteiger partial charge in [0.25, 0.3) is 0 Å². The van der Waals surface area contributed by atoms with E-state index in [1.165, 1.54) is 13.2 Å². The molecule has 2 rings (SSSR count). The first-order chi connectivity index (χ1) is 9.83. The molecule has 1 heterocycles. The van der Waals surface area contributed by atoms with E-state index in [-0.39, 0.29) is 0 Å². The molecule has 0 amide bonds. The number of carbonyl (C=O) groups is 1. The van der Waals surface area contributed by atoms with Crippen molar-refractivity contribution in [3.8, 4) is 5.75 Å². The van der Waals surface area contributed by atoms with Gasteiger partial charge in [-0.2, -0.15) is 0 Å². The average Bonchev–Trinajstić information content (AvgIpc) is 2.89. The van der Waals surface area contributed by atoms with Gasteiger partial charge in [-0.3, -0.25) is 0 Å². The van der Waals surface area contributed by atoms with Gasteiger partial charge in [0.05, 0.1) is 12.9 Å². The van der Waals surface area contributed by atoms with Gasteiger partial charge in [-0.05, 0) is 30.3 Å². The minimum Gasteiger partial charge on any atom is -0.496 e. The molecule has 1 N–H and O–H groups in total. The molecule has 6 nitrogen and oxygen atoms in total. The van der Waals surface area contributed by atoms with Gasteiger partial charge >= 0.3 is 5.97 Å². The molecule has 1 aromatic carbocycles. The van der Waals surface area contributed by atoms with Crippen LogP contribution in [-0.4, -0.2) is 26.6 Å². The second-order valence-electron chi connectivity index (χ2n) is 4.14. The maximum atomic E-state index is 12.2. The third-order valence-electron chi connectivity index (χ3n) is 2.69. The van der Waals surface area contributed by atoms with Crippen LogP contribution in [0.3, 0.4) is 0 Å². The number of ether oxygens (including phenoxy) is 1. The molecule has 0 atom stereocenters. The van der Waals surface area contributed by atoms with Crippen LogP contribution in [0.4, 0.5) is 0 Å². The number of methoxy groups -OCH3 is 1. The molecule has 0 fully saturated rings. The summed E-state index contributed by atoms with van der Waals surface area (Å²) in [6.45, 7) is 0. The van der Waals surface area contributed by atoms with E-state index >= 15 is 0 Å². The topological polar surface area (TPSA) is 93.8 Å². The van der Waals surface area contributed by atoms with Crippen molar-refractivity contribution in [2.45, 2.75) is 10.8 Å². The number of furan rings is 1. The van der Waals surface area contributed by atoms with Crippen LogP contribution in [0.25, 0.3) is 0 Å². The molecule has 0 unspecified atom stereocenters. The molecule has 21 heavy (non-hydrogen) atoms. The van der Waals surface area contributed by atoms with E-state index in [9.17, 15) is 13.2 Å². The van der Waals surface area contributed by atoms with Crippen LogP contribution in [-0.2, 0) is 15.6 Å². The molecule has 112 valence electrons. The van der Waals surface area contributed by atoms with E-state index in [1.807, 2.05) is 0 Å². The summed E-state index contributed by atoms with van der Waals surface area (Å²) < 4.78 is 34.4. The van der Waals surface area contributed by atoms with Crippen LogP contribution < -0.4 is 4.74 Å². The summed E-state index contributed by atoms with van der Waals surface area (Å²) in [6.07, 6.45) is 0. The second-order valence-corrected chi connectivity index (χ2v) is 6.50. The van der Waals surface area contributed by atoms with E-state index in [2.05, 4.69) is 0 Å². The summed E-state index contributed by atoms with van der Waals surface area (Å²) in [5.41, 5.74) is 0.360. The van der Waals surface area contributed by atoms with Gasteiger partial charge in [0.2, 0.25) is 20.7 Å². The summed E-state index contributed by atoms with van der Waals surface area (Å²) in [5.74, 6) is -1.82. The number of carboxylic acids is 1. The summed E-state index contributed by atoms with van der Waals surface area (Å²) in [7, 11) is -2.43. The third-order valence-corrected chi connectivity index (χ3v) is 4.45. The molecule has 0 bridgehead atoms. The molecule has 0 aliphatic heterocycles. The number of hydrogen-bond acceptors (Lipinski definition) is 5. The Kier molecular flexibility index (Phi) is 4.24. The minimum atomic E-state index is -3.84. The highest BCUT2D eigenvalue weighted by Gasteiger charge is 2.23. The van der Waals surface area contributed by atoms with E-state index in [1.54, 1.807) is 12.1 Å². The quantitative estimate of drug-likeness (QED) is 0.905. The van der Waals surface area contributed by atoms with E-state index < -0.39 is 32.4 Å². The average molecular weight is 331 g/mol. The van der Waals surface area contributed by atoms with Gasteiger partial charge in [-0.1, -0.05) is 11.6 Å². The first-order valence-electron chi connectivity index (χ1n) is 5.72. The van der Waals surface area contributed by atoms with Crippen molar-refractivity contribution in [3.05, 3.63) is 46.7 Å². The van der Waals surface area contributed by atoms with E-state index in [0.29, 0.717) is 16.3 Å². The van der Waals surface area contributed by atoms with Gasteiger partial charge < -0.3 is 14.3 Å². The van der Waals surface area contributed by atoms with Crippen molar-refractivity contribution in [3.63, 3.8) is 0 Å². The number of benzene rings is 1. The van der Waals surface area contributed by atoms with Crippen LogP contribution in [0.15, 0.2) is 39.8 Å². The molecule has 0 saturated heterocycles. The monoisotopic (exact) mass is 330 g/mol. The van der Waals surface area contributed by atoms with E-state index in [4.69, 9.17) is 25.9 Å². The Balaban J connectivity index is 2.37. The second kappa shape index (κ2) is 5.79. The number of sulfone groups is 1. The Bertz CT molecular complexity index is 778. The smallest absolute Gasteiger partial charge is 0.371 e. The lowest BCUT2D eigenvalue weighted by molar-refractivity contribution is 0.0656. The number of hydrogen-bond donors (Lipinski definition) is 1. The number of rotatable bonds is 5. The molecule has 2 aromatic rings. The summed E-state index contributed by atoms with van der Waals surface area (Å²) >= 11 is 5.84. The largest absolute Gasteiger partial charge is 0.496 e. The van der Waals surface area contributed by atoms with Gasteiger partial charge in [-0.25, -0.2) is 13.2 Å². The lowest BCUT2D eigenvalue weighted by atomic mass is 10.2. The van der Waals surface area contributed by atoms with Gasteiger partial charge in [-0.15, -0.1) is 0 Å². The molecular formula is C13H11ClO6S. The van der Waals surface area contributed by atoms with Crippen LogP contribution in [0.2, 0.25) is 5.02 Å². The Morgan fingerprint density at radius 3 is 2.62 bits per heavy atom. The molecule has 0 aliphatic rings. The molecule has 8 heteroatoms. The van der Waals surface area contributed by atoms with Gasteiger partial charge in [0.15, 0.2) is 0 Å². The molecule has 0 spiro atoms. The predicted octanol–water partition coefficient (Wildman–Crippen LogP) is 2.61. The molecular weight excluding hydrogens is 320 g/mol. The lowest BCUT2D eigenvalue weighted by Gasteiger charge is -2.08. The highest BCUT2D eigenvalue weighted by atomic mass is 35.5. The Hall–Kier alpha value is -1.99. The summed E-state index contributed by atoms with van der Waals surface area (Å²) in [5, 5.41) is 8.70. The maximum Gasteiger partial charge on any atom is 0.371 e. The molecule has 1 aromatic heterocycles. The first-order valence-corrected chi connectivity index (χ1v) is 7.75. The standard InChI is InChI=1S/C13H11ClO6S/c1-19-10-3-2-9(14)6-8(10)7-21(17,18)12-5-4-11(20-12)13(15)16/h2-6H,7H2,1H3,(H,15,16). The van der Waals surface area contributed by atoms with Crippen LogP contribution in [0.5, 0.6) is 5.75 Å². The van der Waals surface area contributed by atoms with Gasteiger partial charge in [0.1, 0.15) is 5.75 Å². The normalized spacial score (nSPS) is 11.3. The highest BCUT2D eigenvalue weighted by molar-refractivity contribution is 7.90. The Morgan fingerprint density at radius 1 is 1.33 bits per heavy atom. The molecule has 0 saturated carbocycles. The lowest BCUT2D eigenvalue weighted by Crippen LogP contribution is -2.05. The third kappa shape index (κ3) is 3.37. The zero-order valence-electron chi connectivity index (χ0n) is 10.9. The fourth-order valence-electron chi connectivity index (χ4n) is 1.74. The van der Waals surface area contributed by atoms with Crippen molar-refractivity contribution < 1.29 is 27.5 Å². The fraction of sp³-hybridized carbons (Fsp3) is 0.154. The minimum absolute atomic E-state index is 0.360. The maximum absolute atomic E-state index is 12.2. The Labute approximate surface area is 125 Å². The van der Waals surface area contributed by atoms with Crippen molar-refractivity contribution >= 4 is 27.4 Å². The highest BCUT2D eigenvalue weighted by Crippen LogP contribution is 2.27. The number of carboxylic acid groups (broad SMARTS) is 1. The van der Waals surface area contributed by atoms with Crippen molar-refractivity contribution in [1.29, 1.82) is 0 Å².